The third-order valence-corrected chi connectivity index (χ3v) is 2.07. The van der Waals surface area contributed by atoms with Crippen molar-refractivity contribution in [3.05, 3.63) is 0 Å². The molecule has 86 valence electrons. The van der Waals surface area contributed by atoms with Gasteiger partial charge < -0.3 is 10.1 Å². The molecule has 0 aromatic carbocycles. The Labute approximate surface area is 89.4 Å². The second kappa shape index (κ2) is 8.25. The van der Waals surface area contributed by atoms with Gasteiger partial charge in [0.1, 0.15) is 0 Å². The van der Waals surface area contributed by atoms with E-state index in [0.717, 1.165) is 19.8 Å². The topological polar surface area (TPSA) is 21.3 Å². The lowest BCUT2D eigenvalue weighted by Crippen LogP contribution is -2.36. The molecule has 0 aromatic heterocycles. The van der Waals surface area contributed by atoms with Gasteiger partial charge in [-0.15, -0.1) is 0 Å². The molecule has 0 aliphatic carbocycles. The molecule has 0 aliphatic rings. The van der Waals surface area contributed by atoms with Gasteiger partial charge in [-0.05, 0) is 47.1 Å². The molecule has 0 rings (SSSR count). The maximum Gasteiger partial charge on any atom is 0.0465 e. The molecule has 0 unspecified atom stereocenters. The first kappa shape index (κ1) is 13.9. The lowest BCUT2D eigenvalue weighted by molar-refractivity contribution is 0.143. The lowest BCUT2D eigenvalue weighted by Gasteiger charge is -2.20. The smallest absolute Gasteiger partial charge is 0.0465 e. The molecule has 14 heavy (non-hydrogen) atoms. The van der Waals surface area contributed by atoms with Crippen molar-refractivity contribution in [3.8, 4) is 0 Å². The highest BCUT2D eigenvalue weighted by molar-refractivity contribution is 4.69. The first-order valence-electron chi connectivity index (χ1n) is 5.89. The average molecular weight is 201 g/mol. The van der Waals surface area contributed by atoms with Crippen molar-refractivity contribution in [1.29, 1.82) is 0 Å². The van der Waals surface area contributed by atoms with Crippen LogP contribution in [-0.4, -0.2) is 25.3 Å². The minimum absolute atomic E-state index is 0.269. The van der Waals surface area contributed by atoms with E-state index < -0.39 is 0 Å². The highest BCUT2D eigenvalue weighted by atomic mass is 16.5. The summed E-state index contributed by atoms with van der Waals surface area (Å²) in [4.78, 5) is 0. The highest BCUT2D eigenvalue weighted by Crippen LogP contribution is 2.02. The molecule has 0 radical (unpaired) electrons. The second-order valence-corrected chi connectivity index (χ2v) is 4.79. The van der Waals surface area contributed by atoms with E-state index in [1.807, 2.05) is 6.92 Å². The van der Waals surface area contributed by atoms with Crippen molar-refractivity contribution in [2.24, 2.45) is 0 Å². The van der Waals surface area contributed by atoms with Gasteiger partial charge in [-0.25, -0.2) is 0 Å². The van der Waals surface area contributed by atoms with Crippen LogP contribution in [0.3, 0.4) is 0 Å². The quantitative estimate of drug-likeness (QED) is 0.610. The zero-order valence-corrected chi connectivity index (χ0v) is 10.4. The van der Waals surface area contributed by atoms with E-state index in [4.69, 9.17) is 4.74 Å². The Balaban J connectivity index is 2.99. The molecule has 2 heteroatoms. The molecule has 0 aliphatic heterocycles. The van der Waals surface area contributed by atoms with Crippen molar-refractivity contribution in [1.82, 2.24) is 5.32 Å². The Bertz CT molecular complexity index is 118. The van der Waals surface area contributed by atoms with Crippen LogP contribution in [-0.2, 0) is 4.74 Å². The fraction of sp³-hybridized carbons (Fsp3) is 1.00. The molecule has 0 saturated carbocycles. The van der Waals surface area contributed by atoms with Gasteiger partial charge >= 0.3 is 0 Å². The number of nitrogens with one attached hydrogen (secondary N) is 1. The van der Waals surface area contributed by atoms with Gasteiger partial charge in [-0.2, -0.15) is 0 Å². The van der Waals surface area contributed by atoms with E-state index in [-0.39, 0.29) is 5.54 Å². The molecule has 0 bridgehead atoms. The van der Waals surface area contributed by atoms with Crippen LogP contribution in [0.2, 0.25) is 0 Å². The Morgan fingerprint density at radius 3 is 2.21 bits per heavy atom. The van der Waals surface area contributed by atoms with E-state index in [2.05, 4.69) is 26.1 Å². The summed E-state index contributed by atoms with van der Waals surface area (Å²) in [5.41, 5.74) is 0.269. The molecule has 0 aromatic rings. The summed E-state index contributed by atoms with van der Waals surface area (Å²) in [6, 6.07) is 0. The molecule has 0 heterocycles. The molecule has 1 N–H and O–H groups in total. The van der Waals surface area contributed by atoms with E-state index in [1.165, 1.54) is 25.7 Å². The van der Waals surface area contributed by atoms with Crippen molar-refractivity contribution in [2.75, 3.05) is 19.8 Å². The molecule has 0 atom stereocenters. The van der Waals surface area contributed by atoms with Crippen LogP contribution in [0.5, 0.6) is 0 Å². The average Bonchev–Trinajstić information content (AvgIpc) is 2.08. The van der Waals surface area contributed by atoms with Gasteiger partial charge in [-0.3, -0.25) is 0 Å². The number of rotatable bonds is 8. The summed E-state index contributed by atoms with van der Waals surface area (Å²) in [7, 11) is 0. The maximum atomic E-state index is 5.28. The van der Waals surface area contributed by atoms with Gasteiger partial charge in [0.15, 0.2) is 0 Å². The SMILES string of the molecule is CCOCCCCCCNC(C)(C)C. The first-order valence-corrected chi connectivity index (χ1v) is 5.89. The number of ether oxygens (including phenoxy) is 1. The second-order valence-electron chi connectivity index (χ2n) is 4.79. The number of hydrogen-bond acceptors (Lipinski definition) is 2. The van der Waals surface area contributed by atoms with Crippen LogP contribution in [0.1, 0.15) is 53.4 Å². The largest absolute Gasteiger partial charge is 0.382 e. The van der Waals surface area contributed by atoms with E-state index in [9.17, 15) is 0 Å². The summed E-state index contributed by atoms with van der Waals surface area (Å²) in [6.45, 7) is 11.6. The van der Waals surface area contributed by atoms with E-state index in [1.54, 1.807) is 0 Å². The fourth-order valence-electron chi connectivity index (χ4n) is 1.29. The standard InChI is InChI=1S/C12H27NO/c1-5-14-11-9-7-6-8-10-13-12(2,3)4/h13H,5-11H2,1-4H3. The molecular formula is C12H27NO. The molecule has 0 amide bonds. The third-order valence-electron chi connectivity index (χ3n) is 2.07. The van der Waals surface area contributed by atoms with Gasteiger partial charge in [0, 0.05) is 18.8 Å². The van der Waals surface area contributed by atoms with Crippen molar-refractivity contribution >= 4 is 0 Å². The summed E-state index contributed by atoms with van der Waals surface area (Å²) < 4.78 is 5.28. The Morgan fingerprint density at radius 1 is 1.00 bits per heavy atom. The molecule has 0 spiro atoms. The zero-order chi connectivity index (χ0) is 10.9. The Kier molecular flexibility index (Phi) is 8.20. The first-order chi connectivity index (χ1) is 6.56. The van der Waals surface area contributed by atoms with Crippen LogP contribution < -0.4 is 5.32 Å². The Morgan fingerprint density at radius 2 is 1.64 bits per heavy atom. The van der Waals surface area contributed by atoms with Crippen LogP contribution in [0.4, 0.5) is 0 Å². The predicted octanol–water partition coefficient (Wildman–Crippen LogP) is 2.97. The number of hydrogen-bond donors (Lipinski definition) is 1. The maximum absolute atomic E-state index is 5.28. The van der Waals surface area contributed by atoms with Crippen molar-refractivity contribution < 1.29 is 4.74 Å². The Hall–Kier alpha value is -0.0800. The molecular weight excluding hydrogens is 174 g/mol. The molecule has 2 nitrogen and oxygen atoms in total. The fourth-order valence-corrected chi connectivity index (χ4v) is 1.29. The summed E-state index contributed by atoms with van der Waals surface area (Å²) >= 11 is 0. The van der Waals surface area contributed by atoms with E-state index >= 15 is 0 Å². The summed E-state index contributed by atoms with van der Waals surface area (Å²) in [6.07, 6.45) is 5.11. The lowest BCUT2D eigenvalue weighted by atomic mass is 10.1. The van der Waals surface area contributed by atoms with Crippen molar-refractivity contribution in [3.63, 3.8) is 0 Å². The van der Waals surface area contributed by atoms with Gasteiger partial charge in [0.2, 0.25) is 0 Å². The van der Waals surface area contributed by atoms with Gasteiger partial charge in [0.25, 0.3) is 0 Å². The predicted molar refractivity (Wildman–Crippen MR) is 62.7 cm³/mol. The summed E-state index contributed by atoms with van der Waals surface area (Å²) in [5, 5.41) is 3.49. The number of unbranched alkanes of at least 4 members (excludes halogenated alkanes) is 3. The summed E-state index contributed by atoms with van der Waals surface area (Å²) in [5.74, 6) is 0. The van der Waals surface area contributed by atoms with Crippen LogP contribution in [0.15, 0.2) is 0 Å². The van der Waals surface area contributed by atoms with Gasteiger partial charge in [-0.1, -0.05) is 12.8 Å². The molecule has 0 saturated heterocycles. The monoisotopic (exact) mass is 201 g/mol. The van der Waals surface area contributed by atoms with E-state index in [0.29, 0.717) is 0 Å². The van der Waals surface area contributed by atoms with Crippen LogP contribution in [0.25, 0.3) is 0 Å². The minimum Gasteiger partial charge on any atom is -0.382 e. The van der Waals surface area contributed by atoms with Gasteiger partial charge in [0.05, 0.1) is 0 Å². The zero-order valence-electron chi connectivity index (χ0n) is 10.4. The normalized spacial score (nSPS) is 12.0. The highest BCUT2D eigenvalue weighted by Gasteiger charge is 2.06. The van der Waals surface area contributed by atoms with Crippen LogP contribution >= 0.6 is 0 Å². The minimum atomic E-state index is 0.269. The third kappa shape index (κ3) is 11.9. The molecule has 0 fully saturated rings. The van der Waals surface area contributed by atoms with Crippen molar-refractivity contribution in [2.45, 2.75) is 58.9 Å². The van der Waals surface area contributed by atoms with Crippen LogP contribution in [0, 0.1) is 0 Å².